The van der Waals surface area contributed by atoms with Gasteiger partial charge in [0.05, 0.1) is 40.4 Å². The number of nitrogens with one attached hydrogen (secondary N) is 1. The zero-order chi connectivity index (χ0) is 25.5. The summed E-state index contributed by atoms with van der Waals surface area (Å²) in [6, 6.07) is 14.7. The van der Waals surface area contributed by atoms with Crippen LogP contribution < -0.4 is 38.8 Å². The summed E-state index contributed by atoms with van der Waals surface area (Å²) < 4.78 is 17.7. The van der Waals surface area contributed by atoms with Crippen LogP contribution in [0.4, 0.5) is 0 Å². The molecule has 2 aromatic carbocycles. The van der Waals surface area contributed by atoms with Gasteiger partial charge < -0.3 is 48.0 Å². The van der Waals surface area contributed by atoms with E-state index in [4.69, 9.17) is 14.2 Å². The molecule has 2 aromatic rings. The molecule has 0 radical (unpaired) electrons. The minimum Gasteiger partial charge on any atom is -1.00 e. The molecule has 2 fully saturated rings. The van der Waals surface area contributed by atoms with E-state index in [2.05, 4.69) is 12.4 Å². The molecule has 0 bridgehead atoms. The Balaban J connectivity index is 0.00000380. The second-order valence-electron chi connectivity index (χ2n) is 9.98. The summed E-state index contributed by atoms with van der Waals surface area (Å²) in [6.07, 6.45) is 7.51. The summed E-state index contributed by atoms with van der Waals surface area (Å²) in [5, 5.41) is 2.77. The zero-order valence-corrected chi connectivity index (χ0v) is 24.0. The molecular formula is C29H37IN2O5. The lowest BCUT2D eigenvalue weighted by atomic mass is 9.82. The highest BCUT2D eigenvalue weighted by Gasteiger charge is 2.44. The predicted molar refractivity (Wildman–Crippen MR) is 139 cm³/mol. The fourth-order valence-electron chi connectivity index (χ4n) is 5.73. The maximum absolute atomic E-state index is 13.3. The molecule has 2 saturated heterocycles. The van der Waals surface area contributed by atoms with Gasteiger partial charge in [-0.05, 0) is 61.6 Å². The van der Waals surface area contributed by atoms with Gasteiger partial charge in [-0.3, -0.25) is 4.79 Å². The predicted octanol–water partition coefficient (Wildman–Crippen LogP) is 1.43. The number of quaternary nitrogens is 1. The minimum atomic E-state index is -0.537. The summed E-state index contributed by atoms with van der Waals surface area (Å²) in [5.41, 5.74) is 1.24. The molecule has 0 saturated carbocycles. The van der Waals surface area contributed by atoms with Crippen LogP contribution in [0.2, 0.25) is 0 Å². The van der Waals surface area contributed by atoms with Gasteiger partial charge in [-0.2, -0.15) is 0 Å². The van der Waals surface area contributed by atoms with Crippen molar-refractivity contribution in [3.05, 3.63) is 65.4 Å². The Hall–Kier alpha value is -2.59. The Morgan fingerprint density at radius 1 is 0.973 bits per heavy atom. The quantitative estimate of drug-likeness (QED) is 0.210. The van der Waals surface area contributed by atoms with Gasteiger partial charge in [-0.15, -0.1) is 0 Å². The van der Waals surface area contributed by atoms with Crippen molar-refractivity contribution in [3.8, 4) is 11.5 Å². The number of carbonyl (C=O) groups is 2. The van der Waals surface area contributed by atoms with Crippen molar-refractivity contribution in [3.63, 3.8) is 0 Å². The number of hydrogen-bond donors (Lipinski definition) is 1. The molecule has 1 N–H and O–H groups in total. The van der Waals surface area contributed by atoms with Gasteiger partial charge >= 0.3 is 5.97 Å². The lowest BCUT2D eigenvalue weighted by Crippen LogP contribution is -3.00. The Labute approximate surface area is 236 Å². The van der Waals surface area contributed by atoms with E-state index in [0.29, 0.717) is 41.2 Å². The summed E-state index contributed by atoms with van der Waals surface area (Å²) in [6.45, 7) is 2.77. The molecule has 0 aromatic heterocycles. The van der Waals surface area contributed by atoms with Crippen molar-refractivity contribution in [2.45, 2.75) is 38.1 Å². The molecule has 7 nitrogen and oxygen atoms in total. The maximum atomic E-state index is 13.3. The number of amides is 1. The SMILES string of the molecule is COc1ccc(C=C(NC(=O)c2ccccc2)C(=O)OCC2CCC[N+]3(C)CCCCC23)cc1OC.[I-]. The molecular weight excluding hydrogens is 583 g/mol. The zero-order valence-electron chi connectivity index (χ0n) is 21.9. The second kappa shape index (κ2) is 13.3. The summed E-state index contributed by atoms with van der Waals surface area (Å²) in [7, 11) is 5.47. The van der Waals surface area contributed by atoms with Gasteiger partial charge in [0, 0.05) is 17.9 Å². The van der Waals surface area contributed by atoms with Crippen LogP contribution in [0.15, 0.2) is 54.2 Å². The third kappa shape index (κ3) is 7.04. The first-order valence-corrected chi connectivity index (χ1v) is 12.7. The van der Waals surface area contributed by atoms with E-state index in [0.717, 1.165) is 17.3 Å². The molecule has 4 rings (SSSR count). The number of carbonyl (C=O) groups excluding carboxylic acids is 2. The number of benzene rings is 2. The van der Waals surface area contributed by atoms with E-state index in [1.165, 1.54) is 32.4 Å². The van der Waals surface area contributed by atoms with Crippen molar-refractivity contribution in [1.29, 1.82) is 0 Å². The Morgan fingerprint density at radius 2 is 1.70 bits per heavy atom. The van der Waals surface area contributed by atoms with Crippen LogP contribution in [-0.4, -0.2) is 63.4 Å². The smallest absolute Gasteiger partial charge is 0.354 e. The van der Waals surface area contributed by atoms with Gasteiger partial charge in [-0.1, -0.05) is 24.3 Å². The largest absolute Gasteiger partial charge is 1.00 e. The Kier molecular flexibility index (Phi) is 10.4. The fraction of sp³-hybridized carbons (Fsp3) is 0.448. The van der Waals surface area contributed by atoms with Crippen LogP contribution in [0, 0.1) is 5.92 Å². The Morgan fingerprint density at radius 3 is 2.43 bits per heavy atom. The number of piperidine rings is 2. The molecule has 1 amide bonds. The second-order valence-corrected chi connectivity index (χ2v) is 9.98. The lowest BCUT2D eigenvalue weighted by Gasteiger charge is -2.51. The molecule has 37 heavy (non-hydrogen) atoms. The standard InChI is InChI=1S/C29H36N2O5.HI/c1-31-16-8-7-13-25(31)23(12-9-17-31)20-36-29(33)24(30-28(32)22-10-5-4-6-11-22)18-21-14-15-26(34-2)27(19-21)35-3;/h4-6,10-11,14-15,18-19,23,25H,7-9,12-13,16-17,20H2,1-3H3;1H. The molecule has 3 atom stereocenters. The molecule has 0 aliphatic carbocycles. The molecule has 3 unspecified atom stereocenters. The molecule has 8 heteroatoms. The molecule has 2 aliphatic rings. The average Bonchev–Trinajstić information content (AvgIpc) is 2.91. The van der Waals surface area contributed by atoms with Gasteiger partial charge in [0.25, 0.3) is 5.91 Å². The summed E-state index contributed by atoms with van der Waals surface area (Å²) in [4.78, 5) is 26.2. The van der Waals surface area contributed by atoms with E-state index < -0.39 is 5.97 Å². The van der Waals surface area contributed by atoms with Crippen LogP contribution in [-0.2, 0) is 9.53 Å². The number of fused-ring (bicyclic) bond motifs is 1. The molecule has 2 aliphatic heterocycles. The van der Waals surface area contributed by atoms with E-state index in [9.17, 15) is 9.59 Å². The minimum absolute atomic E-state index is 0. The van der Waals surface area contributed by atoms with Crippen molar-refractivity contribution < 1.29 is 52.3 Å². The van der Waals surface area contributed by atoms with Crippen LogP contribution >= 0.6 is 0 Å². The normalized spacial score (nSPS) is 23.2. The first kappa shape index (κ1) is 29.0. The van der Waals surface area contributed by atoms with E-state index in [1.807, 2.05) is 6.07 Å². The van der Waals surface area contributed by atoms with Crippen molar-refractivity contribution in [1.82, 2.24) is 5.32 Å². The first-order valence-electron chi connectivity index (χ1n) is 12.7. The van der Waals surface area contributed by atoms with Gasteiger partial charge in [0.2, 0.25) is 0 Å². The number of hydrogen-bond acceptors (Lipinski definition) is 5. The fourth-order valence-corrected chi connectivity index (χ4v) is 5.73. The highest BCUT2D eigenvalue weighted by Crippen LogP contribution is 2.36. The number of methoxy groups -OCH3 is 2. The third-order valence-corrected chi connectivity index (χ3v) is 7.66. The first-order chi connectivity index (χ1) is 17.4. The van der Waals surface area contributed by atoms with Crippen molar-refractivity contribution >= 4 is 18.0 Å². The van der Waals surface area contributed by atoms with Crippen molar-refractivity contribution in [2.24, 2.45) is 5.92 Å². The molecule has 200 valence electrons. The van der Waals surface area contributed by atoms with Crippen LogP contribution in [0.1, 0.15) is 48.0 Å². The average molecular weight is 621 g/mol. The van der Waals surface area contributed by atoms with Crippen molar-refractivity contribution in [2.75, 3.05) is 41.0 Å². The molecule has 2 heterocycles. The van der Waals surface area contributed by atoms with Gasteiger partial charge in [0.15, 0.2) is 11.5 Å². The maximum Gasteiger partial charge on any atom is 0.354 e. The topological polar surface area (TPSA) is 73.9 Å². The number of nitrogens with zero attached hydrogens (tertiary/aromatic N) is 1. The highest BCUT2D eigenvalue weighted by molar-refractivity contribution is 6.03. The van der Waals surface area contributed by atoms with Gasteiger partial charge in [-0.25, -0.2) is 4.79 Å². The number of ether oxygens (including phenoxy) is 3. The number of halogens is 1. The van der Waals surface area contributed by atoms with Crippen LogP contribution in [0.25, 0.3) is 6.08 Å². The van der Waals surface area contributed by atoms with Crippen LogP contribution in [0.3, 0.4) is 0 Å². The van der Waals surface area contributed by atoms with E-state index in [-0.39, 0.29) is 35.6 Å². The van der Waals surface area contributed by atoms with Crippen LogP contribution in [0.5, 0.6) is 11.5 Å². The third-order valence-electron chi connectivity index (χ3n) is 7.66. The molecule has 0 spiro atoms. The monoisotopic (exact) mass is 620 g/mol. The number of esters is 1. The van der Waals surface area contributed by atoms with Gasteiger partial charge in [0.1, 0.15) is 12.3 Å². The summed E-state index contributed by atoms with van der Waals surface area (Å²) in [5.74, 6) is 0.543. The summed E-state index contributed by atoms with van der Waals surface area (Å²) >= 11 is 0. The number of rotatable bonds is 8. The van der Waals surface area contributed by atoms with E-state index in [1.54, 1.807) is 62.8 Å². The highest BCUT2D eigenvalue weighted by atomic mass is 127. The van der Waals surface area contributed by atoms with E-state index >= 15 is 0 Å². The lowest BCUT2D eigenvalue weighted by molar-refractivity contribution is -0.947. The Bertz CT molecular complexity index is 1100.